The molecule has 19 heavy (non-hydrogen) atoms. The first-order valence-corrected chi connectivity index (χ1v) is 5.88. The minimum atomic E-state index is -0.175. The third kappa shape index (κ3) is 3.76. The summed E-state index contributed by atoms with van der Waals surface area (Å²) in [6.07, 6.45) is 6.59. The second kappa shape index (κ2) is 6.47. The number of carbonyl (C=O) groups is 1. The predicted octanol–water partition coefficient (Wildman–Crippen LogP) is 2.34. The highest BCUT2D eigenvalue weighted by Gasteiger charge is 2.04. The fourth-order valence-corrected chi connectivity index (χ4v) is 1.62. The summed E-state index contributed by atoms with van der Waals surface area (Å²) >= 11 is 0. The predicted molar refractivity (Wildman–Crippen MR) is 74.8 cm³/mol. The summed E-state index contributed by atoms with van der Waals surface area (Å²) in [5, 5.41) is 11.5. The molecular formula is C15H14N2O2. The quantitative estimate of drug-likeness (QED) is 0.880. The van der Waals surface area contributed by atoms with Crippen LogP contribution in [0.5, 0.6) is 0 Å². The average Bonchev–Trinajstić information content (AvgIpc) is 2.46. The fraction of sp³-hybridized carbons (Fsp3) is 0.0667. The van der Waals surface area contributed by atoms with E-state index in [1.165, 1.54) is 0 Å². The van der Waals surface area contributed by atoms with E-state index in [0.29, 0.717) is 11.3 Å². The van der Waals surface area contributed by atoms with E-state index < -0.39 is 0 Å². The van der Waals surface area contributed by atoms with Crippen molar-refractivity contribution >= 4 is 17.7 Å². The van der Waals surface area contributed by atoms with Crippen LogP contribution in [0, 0.1) is 0 Å². The minimum Gasteiger partial charge on any atom is -0.392 e. The molecule has 2 aromatic rings. The molecular weight excluding hydrogens is 240 g/mol. The van der Waals surface area contributed by atoms with Crippen LogP contribution in [0.25, 0.3) is 6.08 Å². The molecule has 1 aromatic carbocycles. The van der Waals surface area contributed by atoms with Gasteiger partial charge in [0.2, 0.25) is 0 Å². The van der Waals surface area contributed by atoms with Gasteiger partial charge >= 0.3 is 0 Å². The van der Waals surface area contributed by atoms with E-state index in [4.69, 9.17) is 5.11 Å². The fourth-order valence-electron chi connectivity index (χ4n) is 1.62. The number of hydrogen-bond acceptors (Lipinski definition) is 3. The van der Waals surface area contributed by atoms with Gasteiger partial charge in [0.05, 0.1) is 6.61 Å². The summed E-state index contributed by atoms with van der Waals surface area (Å²) in [7, 11) is 0. The first-order chi connectivity index (χ1) is 9.29. The Labute approximate surface area is 111 Å². The summed E-state index contributed by atoms with van der Waals surface area (Å²) in [4.78, 5) is 15.8. The van der Waals surface area contributed by atoms with E-state index in [9.17, 15) is 4.79 Å². The molecule has 4 heteroatoms. The molecule has 0 aliphatic rings. The van der Waals surface area contributed by atoms with Crippen molar-refractivity contribution in [2.45, 2.75) is 0 Å². The Morgan fingerprint density at radius 1 is 1.26 bits per heavy atom. The van der Waals surface area contributed by atoms with E-state index in [-0.39, 0.29) is 12.5 Å². The number of hydrogen-bond donors (Lipinski definition) is 2. The topological polar surface area (TPSA) is 62.2 Å². The number of anilines is 1. The molecule has 2 N–H and O–H groups in total. The first-order valence-electron chi connectivity index (χ1n) is 5.88. The molecule has 0 saturated carbocycles. The van der Waals surface area contributed by atoms with Gasteiger partial charge in [-0.25, -0.2) is 0 Å². The van der Waals surface area contributed by atoms with Crippen molar-refractivity contribution in [1.29, 1.82) is 0 Å². The van der Waals surface area contributed by atoms with Gasteiger partial charge in [-0.15, -0.1) is 0 Å². The van der Waals surface area contributed by atoms with E-state index in [1.54, 1.807) is 36.7 Å². The molecule has 1 heterocycles. The maximum Gasteiger partial charge on any atom is 0.255 e. The van der Waals surface area contributed by atoms with Crippen LogP contribution in [0.3, 0.4) is 0 Å². The summed E-state index contributed by atoms with van der Waals surface area (Å²) in [6.45, 7) is -0.00635. The summed E-state index contributed by atoms with van der Waals surface area (Å²) in [6, 6.07) is 10.7. The average molecular weight is 254 g/mol. The number of aliphatic hydroxyl groups is 1. The Hall–Kier alpha value is -2.46. The zero-order valence-corrected chi connectivity index (χ0v) is 10.3. The van der Waals surface area contributed by atoms with Crippen LogP contribution < -0.4 is 5.32 Å². The Morgan fingerprint density at radius 3 is 2.79 bits per heavy atom. The zero-order valence-electron chi connectivity index (χ0n) is 10.3. The lowest BCUT2D eigenvalue weighted by molar-refractivity contribution is 0.102. The molecule has 0 fully saturated rings. The number of carbonyl (C=O) groups excluding carboxylic acids is 1. The summed E-state index contributed by atoms with van der Waals surface area (Å²) in [5.74, 6) is -0.175. The van der Waals surface area contributed by atoms with Crippen molar-refractivity contribution in [3.63, 3.8) is 0 Å². The number of amides is 1. The van der Waals surface area contributed by atoms with Gasteiger partial charge < -0.3 is 10.4 Å². The number of aliphatic hydroxyl groups excluding tert-OH is 1. The zero-order chi connectivity index (χ0) is 13.5. The maximum absolute atomic E-state index is 11.9. The number of rotatable bonds is 4. The molecule has 2 rings (SSSR count). The Balaban J connectivity index is 2.11. The van der Waals surface area contributed by atoms with Crippen molar-refractivity contribution in [1.82, 2.24) is 4.98 Å². The maximum atomic E-state index is 11.9. The van der Waals surface area contributed by atoms with Crippen molar-refractivity contribution < 1.29 is 9.90 Å². The van der Waals surface area contributed by atoms with Gasteiger partial charge in [0.25, 0.3) is 5.91 Å². The van der Waals surface area contributed by atoms with Gasteiger partial charge in [-0.3, -0.25) is 9.78 Å². The van der Waals surface area contributed by atoms with E-state index in [0.717, 1.165) is 5.56 Å². The van der Waals surface area contributed by atoms with Crippen LogP contribution in [0.1, 0.15) is 15.9 Å². The van der Waals surface area contributed by atoms with E-state index in [2.05, 4.69) is 10.3 Å². The smallest absolute Gasteiger partial charge is 0.255 e. The molecule has 0 atom stereocenters. The SMILES string of the molecule is O=C(Nc1cccc(C=CCO)c1)c1ccncc1. The molecule has 0 bridgehead atoms. The third-order valence-corrected chi connectivity index (χ3v) is 2.50. The van der Waals surface area contributed by atoms with Gasteiger partial charge in [-0.05, 0) is 29.8 Å². The molecule has 0 saturated heterocycles. The van der Waals surface area contributed by atoms with Gasteiger partial charge in [0.15, 0.2) is 0 Å². The normalized spacial score (nSPS) is 10.6. The van der Waals surface area contributed by atoms with Crippen molar-refractivity contribution in [2.24, 2.45) is 0 Å². The number of benzene rings is 1. The van der Waals surface area contributed by atoms with Crippen LogP contribution in [0.4, 0.5) is 5.69 Å². The highest BCUT2D eigenvalue weighted by molar-refractivity contribution is 6.04. The first kappa shape index (κ1) is 13.0. The molecule has 0 spiro atoms. The number of pyridine rings is 1. The van der Waals surface area contributed by atoms with Crippen LogP contribution in [0.2, 0.25) is 0 Å². The number of nitrogens with zero attached hydrogens (tertiary/aromatic N) is 1. The van der Waals surface area contributed by atoms with Crippen LogP contribution in [-0.2, 0) is 0 Å². The molecule has 1 aromatic heterocycles. The lowest BCUT2D eigenvalue weighted by atomic mass is 10.1. The van der Waals surface area contributed by atoms with Crippen molar-refractivity contribution in [3.05, 3.63) is 66.0 Å². The van der Waals surface area contributed by atoms with E-state index in [1.807, 2.05) is 24.3 Å². The highest BCUT2D eigenvalue weighted by Crippen LogP contribution is 2.13. The van der Waals surface area contributed by atoms with E-state index >= 15 is 0 Å². The van der Waals surface area contributed by atoms with Gasteiger partial charge in [-0.1, -0.05) is 24.3 Å². The van der Waals surface area contributed by atoms with Crippen LogP contribution in [0.15, 0.2) is 54.9 Å². The second-order valence-corrected chi connectivity index (χ2v) is 3.90. The van der Waals surface area contributed by atoms with Crippen LogP contribution in [-0.4, -0.2) is 22.6 Å². The standard InChI is InChI=1S/C15H14N2O2/c18-10-2-4-12-3-1-5-14(11-12)17-15(19)13-6-8-16-9-7-13/h1-9,11,18H,10H2,(H,17,19). The van der Waals surface area contributed by atoms with Gasteiger partial charge in [0, 0.05) is 23.6 Å². The Morgan fingerprint density at radius 2 is 2.05 bits per heavy atom. The molecule has 0 unspecified atom stereocenters. The van der Waals surface area contributed by atoms with Gasteiger partial charge in [-0.2, -0.15) is 0 Å². The molecule has 1 amide bonds. The summed E-state index contributed by atoms with van der Waals surface area (Å²) < 4.78 is 0. The van der Waals surface area contributed by atoms with Gasteiger partial charge in [0.1, 0.15) is 0 Å². The number of nitrogens with one attached hydrogen (secondary N) is 1. The molecule has 0 radical (unpaired) electrons. The second-order valence-electron chi connectivity index (χ2n) is 3.90. The lowest BCUT2D eigenvalue weighted by Crippen LogP contribution is -2.11. The van der Waals surface area contributed by atoms with Crippen LogP contribution >= 0.6 is 0 Å². The minimum absolute atomic E-state index is 0.00635. The highest BCUT2D eigenvalue weighted by atomic mass is 16.2. The molecule has 0 aliphatic heterocycles. The number of aromatic nitrogens is 1. The third-order valence-electron chi connectivity index (χ3n) is 2.50. The van der Waals surface area contributed by atoms with Crippen molar-refractivity contribution in [2.75, 3.05) is 11.9 Å². The van der Waals surface area contributed by atoms with Crippen molar-refractivity contribution in [3.8, 4) is 0 Å². The monoisotopic (exact) mass is 254 g/mol. The molecule has 0 aliphatic carbocycles. The molecule has 4 nitrogen and oxygen atoms in total. The summed E-state index contributed by atoms with van der Waals surface area (Å²) in [5.41, 5.74) is 2.19. The Bertz CT molecular complexity index is 580. The Kier molecular flexibility index (Phi) is 4.42. The largest absolute Gasteiger partial charge is 0.392 e. The lowest BCUT2D eigenvalue weighted by Gasteiger charge is -2.05. The molecule has 96 valence electrons.